The predicted octanol–water partition coefficient (Wildman–Crippen LogP) is -0.642. The number of ether oxygens (including phenoxy) is 1. The van der Waals surface area contributed by atoms with Crippen LogP contribution in [0.4, 0.5) is 5.69 Å². The Bertz CT molecular complexity index is 2020. The molecule has 4 rings (SSSR count). The number of nitrogens with two attached hydrogens (primary N) is 3. The van der Waals surface area contributed by atoms with Crippen LogP contribution in [0.1, 0.15) is 44.7 Å². The molecule has 1 aliphatic heterocycles. The van der Waals surface area contributed by atoms with Crippen molar-refractivity contribution in [3.8, 4) is 5.75 Å². The van der Waals surface area contributed by atoms with Crippen molar-refractivity contribution in [3.63, 3.8) is 0 Å². The molecule has 18 nitrogen and oxygen atoms in total. The SMILES string of the molecule is NNC(=O)C(CCC(=O)O)NC(=O)c1ccc(C2=C3C=CC(N)C(S(=O)(=O)O)=C3Oc3c2ccc(N)c3S(=O)(=O)O)c(C(=O)O)c1. The summed E-state index contributed by atoms with van der Waals surface area (Å²) in [5.74, 6) is -1.12. The van der Waals surface area contributed by atoms with Gasteiger partial charge in [-0.05, 0) is 36.2 Å². The molecule has 1 aliphatic carbocycles. The van der Waals surface area contributed by atoms with Crippen molar-refractivity contribution in [3.05, 3.63) is 81.0 Å². The molecule has 2 unspecified atom stereocenters. The van der Waals surface area contributed by atoms with E-state index in [1.54, 1.807) is 5.43 Å². The van der Waals surface area contributed by atoms with Crippen molar-refractivity contribution < 1.29 is 60.1 Å². The van der Waals surface area contributed by atoms with Gasteiger partial charge in [0, 0.05) is 28.7 Å². The number of allylic oxidation sites excluding steroid dienone is 1. The fourth-order valence-electron chi connectivity index (χ4n) is 4.88. The molecule has 20 heteroatoms. The van der Waals surface area contributed by atoms with E-state index in [-0.39, 0.29) is 34.3 Å². The van der Waals surface area contributed by atoms with E-state index in [1.165, 1.54) is 12.1 Å². The zero-order valence-corrected chi connectivity index (χ0v) is 24.8. The molecule has 0 radical (unpaired) electrons. The zero-order valence-electron chi connectivity index (χ0n) is 23.1. The molecule has 0 saturated heterocycles. The number of hydrogen-bond donors (Lipinski definition) is 9. The van der Waals surface area contributed by atoms with Gasteiger partial charge < -0.3 is 31.7 Å². The number of anilines is 1. The summed E-state index contributed by atoms with van der Waals surface area (Å²) in [6.45, 7) is 0. The van der Waals surface area contributed by atoms with Crippen LogP contribution in [0.3, 0.4) is 0 Å². The molecular formula is C26H25N5O13S2. The van der Waals surface area contributed by atoms with Crippen LogP contribution in [0, 0.1) is 0 Å². The fourth-order valence-corrected chi connectivity index (χ4v) is 6.44. The minimum atomic E-state index is -5.16. The lowest BCUT2D eigenvalue weighted by molar-refractivity contribution is -0.137. The molecule has 2 aliphatic rings. The number of rotatable bonds is 10. The number of nitrogen functional groups attached to an aromatic ring is 1. The molecule has 0 bridgehead atoms. The molecule has 2 atom stereocenters. The van der Waals surface area contributed by atoms with Gasteiger partial charge in [-0.1, -0.05) is 18.2 Å². The average Bonchev–Trinajstić information content (AvgIpc) is 2.95. The number of carbonyl (C=O) groups is 4. The second-order valence-corrected chi connectivity index (χ2v) is 12.6. The highest BCUT2D eigenvalue weighted by atomic mass is 32.2. The Balaban J connectivity index is 1.99. The van der Waals surface area contributed by atoms with Crippen molar-refractivity contribution in [1.82, 2.24) is 10.7 Å². The maximum absolute atomic E-state index is 13.1. The zero-order chi connectivity index (χ0) is 34.3. The first-order valence-corrected chi connectivity index (χ1v) is 15.6. The molecular weight excluding hydrogens is 654 g/mol. The highest BCUT2D eigenvalue weighted by molar-refractivity contribution is 7.90. The van der Waals surface area contributed by atoms with Gasteiger partial charge in [-0.3, -0.25) is 28.9 Å². The molecule has 244 valence electrons. The van der Waals surface area contributed by atoms with Gasteiger partial charge in [0.25, 0.3) is 32.1 Å². The summed E-state index contributed by atoms with van der Waals surface area (Å²) in [5, 5.41) is 21.4. The number of aromatic carboxylic acids is 1. The Labute approximate surface area is 259 Å². The van der Waals surface area contributed by atoms with E-state index in [0.717, 1.165) is 30.3 Å². The Morgan fingerprint density at radius 2 is 1.63 bits per heavy atom. The Morgan fingerprint density at radius 1 is 0.978 bits per heavy atom. The van der Waals surface area contributed by atoms with Crippen molar-refractivity contribution in [2.24, 2.45) is 11.6 Å². The number of fused-ring (bicyclic) bond motifs is 2. The van der Waals surface area contributed by atoms with E-state index in [9.17, 15) is 50.2 Å². The quantitative estimate of drug-likeness (QED) is 0.0495. The Morgan fingerprint density at radius 3 is 2.20 bits per heavy atom. The van der Waals surface area contributed by atoms with Gasteiger partial charge in [0.1, 0.15) is 10.9 Å². The third-order valence-corrected chi connectivity index (χ3v) is 8.81. The third kappa shape index (κ3) is 6.47. The fraction of sp³-hybridized carbons (Fsp3) is 0.154. The van der Waals surface area contributed by atoms with Crippen LogP contribution in [-0.2, 0) is 29.8 Å². The molecule has 0 fully saturated rings. The van der Waals surface area contributed by atoms with E-state index in [1.807, 2.05) is 0 Å². The summed E-state index contributed by atoms with van der Waals surface area (Å²) in [5.41, 5.74) is 11.2. The monoisotopic (exact) mass is 679 g/mol. The van der Waals surface area contributed by atoms with Gasteiger partial charge in [-0.2, -0.15) is 16.8 Å². The molecule has 0 saturated carbocycles. The van der Waals surface area contributed by atoms with Gasteiger partial charge in [0.15, 0.2) is 16.4 Å². The first-order chi connectivity index (χ1) is 21.4. The van der Waals surface area contributed by atoms with Crippen LogP contribution in [0.25, 0.3) is 5.57 Å². The van der Waals surface area contributed by atoms with Crippen LogP contribution in [0.15, 0.2) is 63.6 Å². The minimum absolute atomic E-state index is 0.180. The Kier molecular flexibility index (Phi) is 9.06. The number of nitrogens with one attached hydrogen (secondary N) is 2. The molecule has 2 amide bonds. The lowest BCUT2D eigenvalue weighted by Gasteiger charge is -2.31. The maximum Gasteiger partial charge on any atom is 0.336 e. The van der Waals surface area contributed by atoms with E-state index >= 15 is 0 Å². The summed E-state index contributed by atoms with van der Waals surface area (Å²) in [6.07, 6.45) is 1.49. The smallest absolute Gasteiger partial charge is 0.336 e. The number of carboxylic acid groups (broad SMARTS) is 2. The largest absolute Gasteiger partial charge is 0.481 e. The first kappa shape index (κ1) is 33.8. The maximum atomic E-state index is 13.1. The van der Waals surface area contributed by atoms with Crippen LogP contribution in [0.2, 0.25) is 0 Å². The molecule has 46 heavy (non-hydrogen) atoms. The van der Waals surface area contributed by atoms with Crippen molar-refractivity contribution in [2.45, 2.75) is 29.8 Å². The van der Waals surface area contributed by atoms with Crippen molar-refractivity contribution >= 4 is 55.2 Å². The van der Waals surface area contributed by atoms with Crippen LogP contribution in [0.5, 0.6) is 5.75 Å². The number of aliphatic carboxylic acids is 1. The van der Waals surface area contributed by atoms with E-state index < -0.39 is 95.1 Å². The lowest BCUT2D eigenvalue weighted by atomic mass is 9.84. The number of hydrazine groups is 1. The van der Waals surface area contributed by atoms with Crippen LogP contribution < -0.4 is 32.8 Å². The summed E-state index contributed by atoms with van der Waals surface area (Å²) in [4.78, 5) is 46.8. The van der Waals surface area contributed by atoms with Crippen molar-refractivity contribution in [1.29, 1.82) is 0 Å². The standard InChI is InChI=1S/C26H25N5O13S2/c27-15-5-3-12-19(13-4-6-16(28)23(46(41,42)43)21(13)44-20(12)22(15)45(38,39)40)11-2-1-10(9-14(11)26(36)37)24(34)30-17(25(35)31-29)7-8-18(32)33/h1-6,9,15,17H,7-8,27-29H2,(H,30,34)(H,31,35)(H,32,33)(H,36,37)(H,38,39,40)(H,41,42,43). The number of benzene rings is 2. The summed E-state index contributed by atoms with van der Waals surface area (Å²) in [7, 11) is -10.3. The topological polar surface area (TPSA) is 329 Å². The number of carboxylic acids is 2. The van der Waals surface area contributed by atoms with E-state index in [0.29, 0.717) is 0 Å². The molecule has 0 spiro atoms. The normalized spacial score (nSPS) is 16.6. The van der Waals surface area contributed by atoms with Gasteiger partial charge in [0.05, 0.1) is 17.3 Å². The summed E-state index contributed by atoms with van der Waals surface area (Å²) >= 11 is 0. The predicted molar refractivity (Wildman–Crippen MR) is 157 cm³/mol. The van der Waals surface area contributed by atoms with Gasteiger partial charge in [-0.25, -0.2) is 10.6 Å². The number of hydrogen-bond acceptors (Lipinski definition) is 12. The van der Waals surface area contributed by atoms with E-state index in [2.05, 4.69) is 5.32 Å². The molecule has 12 N–H and O–H groups in total. The highest BCUT2D eigenvalue weighted by Crippen LogP contribution is 2.49. The number of amides is 2. The lowest BCUT2D eigenvalue weighted by Crippen LogP contribution is -2.49. The van der Waals surface area contributed by atoms with E-state index in [4.69, 9.17) is 27.2 Å². The Hall–Kier alpha value is -5.12. The summed E-state index contributed by atoms with van der Waals surface area (Å²) < 4.78 is 75.0. The van der Waals surface area contributed by atoms with Crippen LogP contribution >= 0.6 is 0 Å². The van der Waals surface area contributed by atoms with Gasteiger partial charge in [-0.15, -0.1) is 0 Å². The molecule has 0 aromatic heterocycles. The van der Waals surface area contributed by atoms with Crippen LogP contribution in [-0.4, -0.2) is 72.0 Å². The molecule has 1 heterocycles. The minimum Gasteiger partial charge on any atom is -0.481 e. The number of carbonyl (C=O) groups excluding carboxylic acids is 2. The molecule has 2 aromatic carbocycles. The summed E-state index contributed by atoms with van der Waals surface area (Å²) in [6, 6.07) is 2.46. The molecule has 2 aromatic rings. The second kappa shape index (κ2) is 12.3. The first-order valence-electron chi connectivity index (χ1n) is 12.8. The van der Waals surface area contributed by atoms with Gasteiger partial charge in [0.2, 0.25) is 0 Å². The third-order valence-electron chi connectivity index (χ3n) is 6.86. The highest BCUT2D eigenvalue weighted by Gasteiger charge is 2.39. The second-order valence-electron chi connectivity index (χ2n) is 9.81. The average molecular weight is 680 g/mol. The van der Waals surface area contributed by atoms with Crippen molar-refractivity contribution in [2.75, 3.05) is 5.73 Å². The van der Waals surface area contributed by atoms with Gasteiger partial charge >= 0.3 is 11.9 Å².